The second-order valence-corrected chi connectivity index (χ2v) is 3.79. The molecule has 0 amide bonds. The predicted octanol–water partition coefficient (Wildman–Crippen LogP) is 3.79. The second kappa shape index (κ2) is 7.07. The topological polar surface area (TPSA) is 0 Å². The Labute approximate surface area is 110 Å². The van der Waals surface area contributed by atoms with E-state index in [9.17, 15) is 0 Å². The summed E-state index contributed by atoms with van der Waals surface area (Å²) in [6.07, 6.45) is 12.8. The molecule has 2 aliphatic rings. The summed E-state index contributed by atoms with van der Waals surface area (Å²) >= 11 is 0. The van der Waals surface area contributed by atoms with Crippen LogP contribution < -0.4 is 0 Å². The molecule has 0 saturated heterocycles. The van der Waals surface area contributed by atoms with Gasteiger partial charge in [0.15, 0.2) is 0 Å². The summed E-state index contributed by atoms with van der Waals surface area (Å²) in [6, 6.07) is 0. The van der Waals surface area contributed by atoms with Crippen LogP contribution in [0.3, 0.4) is 0 Å². The third-order valence-electron chi connectivity index (χ3n) is 2.73. The first-order chi connectivity index (χ1) is 6.61. The van der Waals surface area contributed by atoms with Crippen molar-refractivity contribution in [1.29, 1.82) is 0 Å². The molecule has 0 bridgehead atoms. The van der Waals surface area contributed by atoms with Crippen LogP contribution in [0.5, 0.6) is 0 Å². The fraction of sp³-hybridized carbons (Fsp3) is 0.429. The maximum atomic E-state index is 3.19. The molecule has 15 heavy (non-hydrogen) atoms. The van der Waals surface area contributed by atoms with Crippen LogP contribution in [0.1, 0.15) is 40.5 Å². The standard InChI is InChI=1S/2C7H9.Mg/c2*1-6-4-3-5-7(6)2;/h2*4H,3H2,1-2H3;/q2*-1;+2. The minimum absolute atomic E-state index is 0. The Morgan fingerprint density at radius 1 is 0.800 bits per heavy atom. The Bertz CT molecular complexity index is 261. The van der Waals surface area contributed by atoms with Crippen molar-refractivity contribution < 1.29 is 0 Å². The molecule has 0 aliphatic heterocycles. The first-order valence-corrected chi connectivity index (χ1v) is 5.10. The monoisotopic (exact) mass is 210 g/mol. The number of rotatable bonds is 0. The quantitative estimate of drug-likeness (QED) is 0.422. The largest absolute Gasteiger partial charge is 2.00 e. The van der Waals surface area contributed by atoms with Crippen molar-refractivity contribution in [1.82, 2.24) is 0 Å². The zero-order chi connectivity index (χ0) is 10.6. The van der Waals surface area contributed by atoms with Gasteiger partial charge in [0.25, 0.3) is 0 Å². The van der Waals surface area contributed by atoms with E-state index < -0.39 is 0 Å². The molecule has 0 atom stereocenters. The van der Waals surface area contributed by atoms with Gasteiger partial charge >= 0.3 is 23.1 Å². The molecule has 0 saturated carbocycles. The van der Waals surface area contributed by atoms with Crippen LogP contribution in [0.25, 0.3) is 0 Å². The third kappa shape index (κ3) is 4.85. The smallest absolute Gasteiger partial charge is 0.270 e. The van der Waals surface area contributed by atoms with Crippen molar-refractivity contribution in [2.24, 2.45) is 0 Å². The molecular formula is C14H18Mg. The molecule has 76 valence electrons. The van der Waals surface area contributed by atoms with Gasteiger partial charge in [0.2, 0.25) is 0 Å². The van der Waals surface area contributed by atoms with E-state index in [0.29, 0.717) is 0 Å². The maximum absolute atomic E-state index is 3.19. The van der Waals surface area contributed by atoms with Crippen molar-refractivity contribution in [2.45, 2.75) is 40.5 Å². The van der Waals surface area contributed by atoms with E-state index in [1.807, 2.05) is 0 Å². The minimum Gasteiger partial charge on any atom is -0.270 e. The van der Waals surface area contributed by atoms with Gasteiger partial charge in [0.1, 0.15) is 0 Å². The summed E-state index contributed by atoms with van der Waals surface area (Å²) in [5.74, 6) is 0. The summed E-state index contributed by atoms with van der Waals surface area (Å²) in [6.45, 7) is 8.43. The van der Waals surface area contributed by atoms with Crippen molar-refractivity contribution >= 4 is 23.1 Å². The Morgan fingerprint density at radius 2 is 1.13 bits per heavy atom. The SMILES string of the molecule is CC1=[C-]CC=C1C.CC1=[C-]CC=C1C.[Mg+2]. The van der Waals surface area contributed by atoms with Crippen LogP contribution in [0.4, 0.5) is 0 Å². The third-order valence-corrected chi connectivity index (χ3v) is 2.73. The van der Waals surface area contributed by atoms with E-state index >= 15 is 0 Å². The van der Waals surface area contributed by atoms with Gasteiger partial charge in [-0.1, -0.05) is 13.8 Å². The number of hydrogen-bond donors (Lipinski definition) is 0. The van der Waals surface area contributed by atoms with Crippen LogP contribution in [-0.2, 0) is 0 Å². The summed E-state index contributed by atoms with van der Waals surface area (Å²) in [7, 11) is 0. The predicted molar refractivity (Wildman–Crippen MR) is 67.4 cm³/mol. The molecule has 0 radical (unpaired) electrons. The maximum Gasteiger partial charge on any atom is 2.00 e. The molecule has 0 aromatic rings. The summed E-state index contributed by atoms with van der Waals surface area (Å²) in [4.78, 5) is 0. The molecule has 0 aromatic heterocycles. The molecule has 2 rings (SSSR count). The Kier molecular flexibility index (Phi) is 6.95. The number of allylic oxidation sites excluding steroid dienone is 8. The fourth-order valence-electron chi connectivity index (χ4n) is 1.30. The van der Waals surface area contributed by atoms with Gasteiger partial charge < -0.3 is 0 Å². The molecule has 0 N–H and O–H groups in total. The van der Waals surface area contributed by atoms with Gasteiger partial charge in [-0.2, -0.15) is 12.2 Å². The van der Waals surface area contributed by atoms with E-state index in [0.717, 1.165) is 12.8 Å². The van der Waals surface area contributed by atoms with Crippen molar-refractivity contribution in [3.8, 4) is 0 Å². The van der Waals surface area contributed by atoms with Crippen LogP contribution in [0.2, 0.25) is 0 Å². The molecule has 0 unspecified atom stereocenters. The molecule has 0 nitrogen and oxygen atoms in total. The van der Waals surface area contributed by atoms with Crippen molar-refractivity contribution in [3.05, 3.63) is 46.6 Å². The van der Waals surface area contributed by atoms with Crippen molar-refractivity contribution in [2.75, 3.05) is 0 Å². The van der Waals surface area contributed by atoms with Gasteiger partial charge in [-0.15, -0.1) is 26.7 Å². The summed E-state index contributed by atoms with van der Waals surface area (Å²) < 4.78 is 0. The zero-order valence-corrected chi connectivity index (χ0v) is 11.7. The van der Waals surface area contributed by atoms with Gasteiger partial charge in [-0.25, -0.2) is 22.3 Å². The average Bonchev–Trinajstić information content (AvgIpc) is 2.67. The van der Waals surface area contributed by atoms with E-state index in [-0.39, 0.29) is 23.1 Å². The summed E-state index contributed by atoms with van der Waals surface area (Å²) in [5.41, 5.74) is 5.42. The van der Waals surface area contributed by atoms with Gasteiger partial charge in [0, 0.05) is 0 Å². The molecular weight excluding hydrogens is 192 g/mol. The zero-order valence-electron chi connectivity index (χ0n) is 10.3. The Balaban J connectivity index is 0.000000245. The Hall–Kier alpha value is -0.274. The molecule has 2 aliphatic carbocycles. The van der Waals surface area contributed by atoms with Gasteiger partial charge in [0.05, 0.1) is 0 Å². The van der Waals surface area contributed by atoms with Crippen LogP contribution >= 0.6 is 0 Å². The molecule has 0 aromatic carbocycles. The molecule has 0 heterocycles. The minimum atomic E-state index is 0. The molecule has 1 heteroatoms. The van der Waals surface area contributed by atoms with Crippen LogP contribution in [0.15, 0.2) is 34.4 Å². The normalized spacial score (nSPS) is 17.9. The van der Waals surface area contributed by atoms with E-state index in [4.69, 9.17) is 0 Å². The molecule has 0 fully saturated rings. The summed E-state index contributed by atoms with van der Waals surface area (Å²) in [5, 5.41) is 0. The van der Waals surface area contributed by atoms with Gasteiger partial charge in [-0.05, 0) is 0 Å². The average molecular weight is 211 g/mol. The number of hydrogen-bond acceptors (Lipinski definition) is 0. The van der Waals surface area contributed by atoms with Crippen molar-refractivity contribution in [3.63, 3.8) is 0 Å². The van der Waals surface area contributed by atoms with E-state index in [1.165, 1.54) is 22.3 Å². The van der Waals surface area contributed by atoms with E-state index in [1.54, 1.807) is 0 Å². The second-order valence-electron chi connectivity index (χ2n) is 3.79. The van der Waals surface area contributed by atoms with E-state index in [2.05, 4.69) is 52.0 Å². The Morgan fingerprint density at radius 3 is 1.20 bits per heavy atom. The van der Waals surface area contributed by atoms with Crippen LogP contribution in [-0.4, -0.2) is 23.1 Å². The van der Waals surface area contributed by atoms with Crippen LogP contribution in [0, 0.1) is 12.2 Å². The van der Waals surface area contributed by atoms with Gasteiger partial charge in [-0.3, -0.25) is 12.2 Å². The fourth-order valence-corrected chi connectivity index (χ4v) is 1.30. The molecule has 0 spiro atoms. The first-order valence-electron chi connectivity index (χ1n) is 5.10. The first kappa shape index (κ1) is 14.7.